The molecular weight excluding hydrogens is 360 g/mol. The van der Waals surface area contributed by atoms with Crippen LogP contribution in [0.25, 0.3) is 11.2 Å². The Kier molecular flexibility index (Phi) is 4.21. The smallest absolute Gasteiger partial charge is 0.313 e. The molecule has 2 heterocycles. The Balaban J connectivity index is 2.28. The van der Waals surface area contributed by atoms with Crippen LogP contribution in [-0.2, 0) is 27.1 Å². The van der Waals surface area contributed by atoms with Crippen LogP contribution >= 0.6 is 15.9 Å². The molecule has 7 heteroatoms. The topological polar surface area (TPSA) is 61.8 Å². The summed E-state index contributed by atoms with van der Waals surface area (Å²) in [4.78, 5) is 29.1. The molecule has 2 aromatic heterocycles. The van der Waals surface area contributed by atoms with Crippen LogP contribution in [0.3, 0.4) is 0 Å². The van der Waals surface area contributed by atoms with Crippen LogP contribution in [0, 0.1) is 0 Å². The molecular formula is C16H17BrN4O2. The first-order chi connectivity index (χ1) is 11.0. The molecule has 0 saturated heterocycles. The van der Waals surface area contributed by atoms with Crippen LogP contribution in [0.2, 0.25) is 0 Å². The number of fused-ring (bicyclic) bond motifs is 1. The molecule has 0 atom stereocenters. The molecule has 0 aliphatic carbocycles. The van der Waals surface area contributed by atoms with E-state index in [-0.39, 0.29) is 11.2 Å². The highest BCUT2D eigenvalue weighted by molar-refractivity contribution is 9.09. The Morgan fingerprint density at radius 3 is 2.43 bits per heavy atom. The van der Waals surface area contributed by atoms with Crippen molar-refractivity contribution in [3.63, 3.8) is 0 Å². The molecule has 3 rings (SSSR count). The zero-order chi connectivity index (χ0) is 16.6. The first kappa shape index (κ1) is 15.7. The Morgan fingerprint density at radius 2 is 1.78 bits per heavy atom. The lowest BCUT2D eigenvalue weighted by Crippen LogP contribution is -2.37. The molecule has 0 unspecified atom stereocenters. The van der Waals surface area contributed by atoms with Crippen molar-refractivity contribution in [3.05, 3.63) is 62.6 Å². The maximum absolute atomic E-state index is 12.4. The third-order valence-corrected chi connectivity index (χ3v) is 4.29. The quantitative estimate of drug-likeness (QED) is 0.647. The predicted molar refractivity (Wildman–Crippen MR) is 93.3 cm³/mol. The van der Waals surface area contributed by atoms with Crippen LogP contribution in [-0.4, -0.2) is 24.0 Å². The largest absolute Gasteiger partial charge is 0.332 e. The van der Waals surface area contributed by atoms with Gasteiger partial charge < -0.3 is 4.57 Å². The van der Waals surface area contributed by atoms with Gasteiger partial charge in [0, 0.05) is 32.4 Å². The number of aromatic nitrogens is 4. The summed E-state index contributed by atoms with van der Waals surface area (Å²) in [7, 11) is 3.15. The Hall–Kier alpha value is -2.15. The van der Waals surface area contributed by atoms with Crippen LogP contribution in [0.4, 0.5) is 0 Å². The molecule has 120 valence electrons. The average molecular weight is 377 g/mol. The molecule has 1 aromatic carbocycles. The Labute approximate surface area is 141 Å². The Morgan fingerprint density at radius 1 is 1.09 bits per heavy atom. The van der Waals surface area contributed by atoms with Crippen molar-refractivity contribution in [1.82, 2.24) is 18.7 Å². The van der Waals surface area contributed by atoms with Crippen molar-refractivity contribution in [2.24, 2.45) is 14.1 Å². The monoisotopic (exact) mass is 376 g/mol. The SMILES string of the molecule is Cn1c(=O)c2nc(Cc3ccccc3)n(CCBr)c2n(C)c1=O. The first-order valence-electron chi connectivity index (χ1n) is 7.29. The molecule has 0 bridgehead atoms. The molecule has 23 heavy (non-hydrogen) atoms. The minimum Gasteiger partial charge on any atom is -0.313 e. The number of rotatable bonds is 4. The van der Waals surface area contributed by atoms with Crippen LogP contribution < -0.4 is 11.2 Å². The van der Waals surface area contributed by atoms with Gasteiger partial charge in [0.25, 0.3) is 5.56 Å². The lowest BCUT2D eigenvalue weighted by Gasteiger charge is -2.10. The van der Waals surface area contributed by atoms with E-state index in [2.05, 4.69) is 20.9 Å². The summed E-state index contributed by atoms with van der Waals surface area (Å²) in [6.07, 6.45) is 0.611. The van der Waals surface area contributed by atoms with Gasteiger partial charge in [-0.25, -0.2) is 9.78 Å². The minimum atomic E-state index is -0.356. The molecule has 0 aliphatic heterocycles. The summed E-state index contributed by atoms with van der Waals surface area (Å²) in [6.45, 7) is 0.638. The molecule has 0 fully saturated rings. The fourth-order valence-electron chi connectivity index (χ4n) is 2.77. The number of imidazole rings is 1. The molecule has 0 radical (unpaired) electrons. The van der Waals surface area contributed by atoms with E-state index in [0.29, 0.717) is 29.5 Å². The van der Waals surface area contributed by atoms with Crippen molar-refractivity contribution in [2.45, 2.75) is 13.0 Å². The summed E-state index contributed by atoms with van der Waals surface area (Å²) < 4.78 is 4.53. The number of hydrogen-bond donors (Lipinski definition) is 0. The second-order valence-electron chi connectivity index (χ2n) is 5.41. The molecule has 0 saturated carbocycles. The van der Waals surface area contributed by atoms with E-state index in [1.165, 1.54) is 11.6 Å². The van der Waals surface area contributed by atoms with Crippen molar-refractivity contribution in [3.8, 4) is 0 Å². The van der Waals surface area contributed by atoms with E-state index in [9.17, 15) is 9.59 Å². The highest BCUT2D eigenvalue weighted by atomic mass is 79.9. The number of nitrogens with zero attached hydrogens (tertiary/aromatic N) is 4. The lowest BCUT2D eigenvalue weighted by molar-refractivity contribution is 0.673. The standard InChI is InChI=1S/C16H17BrN4O2/c1-19-14-13(15(22)20(2)16(19)23)18-12(21(14)9-8-17)10-11-6-4-3-5-7-11/h3-7H,8-10H2,1-2H3. The number of aryl methyl sites for hydroxylation is 2. The van der Waals surface area contributed by atoms with E-state index >= 15 is 0 Å². The summed E-state index contributed by atoms with van der Waals surface area (Å²) in [5.41, 5.74) is 1.32. The van der Waals surface area contributed by atoms with Gasteiger partial charge in [-0.1, -0.05) is 46.3 Å². The second-order valence-corrected chi connectivity index (χ2v) is 6.20. The first-order valence-corrected chi connectivity index (χ1v) is 8.41. The predicted octanol–water partition coefficient (Wildman–Crippen LogP) is 1.42. The van der Waals surface area contributed by atoms with Gasteiger partial charge in [-0.15, -0.1) is 0 Å². The van der Waals surface area contributed by atoms with E-state index in [1.54, 1.807) is 7.05 Å². The van der Waals surface area contributed by atoms with Gasteiger partial charge in [-0.3, -0.25) is 13.9 Å². The number of alkyl halides is 1. The van der Waals surface area contributed by atoms with Crippen LogP contribution in [0.15, 0.2) is 39.9 Å². The van der Waals surface area contributed by atoms with Crippen molar-refractivity contribution < 1.29 is 0 Å². The van der Waals surface area contributed by atoms with E-state index in [0.717, 1.165) is 16.0 Å². The molecule has 0 N–H and O–H groups in total. The summed E-state index contributed by atoms with van der Waals surface area (Å²) in [5, 5.41) is 0.712. The van der Waals surface area contributed by atoms with Crippen LogP contribution in [0.1, 0.15) is 11.4 Å². The fraction of sp³-hybridized carbons (Fsp3) is 0.312. The van der Waals surface area contributed by atoms with Gasteiger partial charge in [0.15, 0.2) is 5.52 Å². The van der Waals surface area contributed by atoms with Gasteiger partial charge in [-0.05, 0) is 5.56 Å². The summed E-state index contributed by atoms with van der Waals surface area (Å²) in [6, 6.07) is 9.96. The highest BCUT2D eigenvalue weighted by Crippen LogP contribution is 2.15. The van der Waals surface area contributed by atoms with Crippen LogP contribution in [0.5, 0.6) is 0 Å². The highest BCUT2D eigenvalue weighted by Gasteiger charge is 2.18. The van der Waals surface area contributed by atoms with Gasteiger partial charge in [-0.2, -0.15) is 0 Å². The number of halogens is 1. The zero-order valence-electron chi connectivity index (χ0n) is 13.0. The lowest BCUT2D eigenvalue weighted by atomic mass is 10.1. The molecule has 0 aliphatic rings. The number of hydrogen-bond acceptors (Lipinski definition) is 3. The maximum Gasteiger partial charge on any atom is 0.332 e. The van der Waals surface area contributed by atoms with Gasteiger partial charge >= 0.3 is 5.69 Å². The normalized spacial score (nSPS) is 11.3. The van der Waals surface area contributed by atoms with Crippen molar-refractivity contribution in [2.75, 3.05) is 5.33 Å². The third kappa shape index (κ3) is 2.65. The summed E-state index contributed by atoms with van der Waals surface area (Å²) in [5.74, 6) is 0.781. The maximum atomic E-state index is 12.4. The van der Waals surface area contributed by atoms with Crippen molar-refractivity contribution >= 4 is 27.1 Å². The van der Waals surface area contributed by atoms with Gasteiger partial charge in [0.1, 0.15) is 11.5 Å². The van der Waals surface area contributed by atoms with E-state index < -0.39 is 0 Å². The fourth-order valence-corrected chi connectivity index (χ4v) is 3.12. The van der Waals surface area contributed by atoms with E-state index in [1.807, 2.05) is 34.9 Å². The third-order valence-electron chi connectivity index (χ3n) is 3.93. The molecule has 3 aromatic rings. The minimum absolute atomic E-state index is 0.335. The molecule has 0 spiro atoms. The van der Waals surface area contributed by atoms with Gasteiger partial charge in [0.2, 0.25) is 0 Å². The molecule has 0 amide bonds. The van der Waals surface area contributed by atoms with E-state index in [4.69, 9.17) is 0 Å². The average Bonchev–Trinajstić information content (AvgIpc) is 2.91. The number of benzene rings is 1. The molecule has 6 nitrogen and oxygen atoms in total. The Bertz CT molecular complexity index is 970. The summed E-state index contributed by atoms with van der Waals surface area (Å²) >= 11 is 3.43. The second kappa shape index (κ2) is 6.16. The zero-order valence-corrected chi connectivity index (χ0v) is 14.6. The van der Waals surface area contributed by atoms with Gasteiger partial charge in [0.05, 0.1) is 0 Å². The van der Waals surface area contributed by atoms with Crippen molar-refractivity contribution in [1.29, 1.82) is 0 Å².